The van der Waals surface area contributed by atoms with E-state index in [0.717, 1.165) is 19.4 Å². The lowest BCUT2D eigenvalue weighted by molar-refractivity contribution is -0.155. The summed E-state index contributed by atoms with van der Waals surface area (Å²) in [5, 5.41) is 2.98. The first kappa shape index (κ1) is 18.0. The molecular weight excluding hydrogens is 266 g/mol. The lowest BCUT2D eigenvalue weighted by Gasteiger charge is -2.45. The van der Waals surface area contributed by atoms with Crippen LogP contribution in [0.4, 0.5) is 0 Å². The largest absolute Gasteiger partial charge is 0.340 e. The molecule has 1 fully saturated rings. The molecule has 0 aromatic carbocycles. The second kappa shape index (κ2) is 7.78. The van der Waals surface area contributed by atoms with Crippen molar-refractivity contribution in [1.29, 1.82) is 0 Å². The third-order valence-electron chi connectivity index (χ3n) is 4.56. The van der Waals surface area contributed by atoms with Gasteiger partial charge in [0.05, 0.1) is 0 Å². The maximum Gasteiger partial charge on any atom is 0.248 e. The molecule has 5 heteroatoms. The fourth-order valence-corrected chi connectivity index (χ4v) is 3.03. The van der Waals surface area contributed by atoms with Gasteiger partial charge in [0.1, 0.15) is 11.6 Å². The van der Waals surface area contributed by atoms with Crippen molar-refractivity contribution in [3.05, 3.63) is 0 Å². The van der Waals surface area contributed by atoms with E-state index in [-0.39, 0.29) is 17.9 Å². The molecule has 0 aliphatic carbocycles. The van der Waals surface area contributed by atoms with E-state index in [0.29, 0.717) is 25.8 Å². The highest BCUT2D eigenvalue weighted by molar-refractivity contribution is 5.99. The second-order valence-corrected chi connectivity index (χ2v) is 6.21. The Hall–Kier alpha value is -1.10. The van der Waals surface area contributed by atoms with Crippen LogP contribution in [0.3, 0.4) is 0 Å². The van der Waals surface area contributed by atoms with Crippen molar-refractivity contribution in [3.8, 4) is 0 Å². The van der Waals surface area contributed by atoms with Gasteiger partial charge in [-0.05, 0) is 52.7 Å². The number of nitrogens with one attached hydrogen (secondary N) is 1. The fourth-order valence-electron chi connectivity index (χ4n) is 3.03. The molecule has 1 heterocycles. The van der Waals surface area contributed by atoms with Crippen LogP contribution in [0.15, 0.2) is 0 Å². The molecule has 1 atom stereocenters. The van der Waals surface area contributed by atoms with Gasteiger partial charge in [-0.15, -0.1) is 0 Å². The van der Waals surface area contributed by atoms with E-state index in [1.165, 1.54) is 0 Å². The van der Waals surface area contributed by atoms with Gasteiger partial charge in [0.15, 0.2) is 0 Å². The molecular formula is C16H31N3O2. The zero-order chi connectivity index (χ0) is 16.0. The molecule has 1 rings (SSSR count). The summed E-state index contributed by atoms with van der Waals surface area (Å²) in [7, 11) is 4.10. The monoisotopic (exact) mass is 297 g/mol. The fraction of sp³-hybridized carbons (Fsp3) is 0.875. The first-order valence-corrected chi connectivity index (χ1v) is 8.19. The molecule has 1 unspecified atom stereocenters. The number of rotatable bonds is 8. The van der Waals surface area contributed by atoms with Gasteiger partial charge in [-0.1, -0.05) is 20.8 Å². The SMILES string of the molecule is CCC1C(=O)NC(CC)(CC)C(=O)N1CCCCN(C)C. The minimum absolute atomic E-state index is 0.00779. The molecule has 1 aliphatic heterocycles. The standard InChI is InChI=1S/C16H31N3O2/c1-6-13-14(20)17-16(7-2,8-3)15(21)19(13)12-10-9-11-18(4)5/h13H,6-12H2,1-5H3,(H,17,20). The van der Waals surface area contributed by atoms with Crippen molar-refractivity contribution < 1.29 is 9.59 Å². The lowest BCUT2D eigenvalue weighted by Crippen LogP contribution is -2.70. The van der Waals surface area contributed by atoms with Crippen LogP contribution >= 0.6 is 0 Å². The van der Waals surface area contributed by atoms with E-state index >= 15 is 0 Å². The zero-order valence-electron chi connectivity index (χ0n) is 14.2. The van der Waals surface area contributed by atoms with Crippen LogP contribution in [-0.2, 0) is 9.59 Å². The maximum absolute atomic E-state index is 12.9. The Labute approximate surface area is 129 Å². The zero-order valence-corrected chi connectivity index (χ0v) is 14.2. The number of hydrogen-bond acceptors (Lipinski definition) is 3. The van der Waals surface area contributed by atoms with Gasteiger partial charge in [-0.25, -0.2) is 0 Å². The van der Waals surface area contributed by atoms with E-state index < -0.39 is 5.54 Å². The number of piperazine rings is 1. The van der Waals surface area contributed by atoms with Crippen LogP contribution in [-0.4, -0.2) is 60.4 Å². The summed E-state index contributed by atoms with van der Waals surface area (Å²) in [6.07, 6.45) is 3.96. The maximum atomic E-state index is 12.9. The number of hydrogen-bond donors (Lipinski definition) is 1. The first-order chi connectivity index (χ1) is 9.91. The van der Waals surface area contributed by atoms with Crippen LogP contribution in [0.5, 0.6) is 0 Å². The number of carbonyl (C=O) groups is 2. The Morgan fingerprint density at radius 2 is 1.76 bits per heavy atom. The molecule has 0 aromatic rings. The van der Waals surface area contributed by atoms with E-state index in [9.17, 15) is 9.59 Å². The van der Waals surface area contributed by atoms with E-state index in [1.54, 1.807) is 0 Å². The van der Waals surface area contributed by atoms with Crippen LogP contribution in [0.25, 0.3) is 0 Å². The summed E-state index contributed by atoms with van der Waals surface area (Å²) in [4.78, 5) is 29.2. The highest BCUT2D eigenvalue weighted by Crippen LogP contribution is 2.26. The Balaban J connectivity index is 2.79. The molecule has 0 bridgehead atoms. The number of amides is 2. The average molecular weight is 297 g/mol. The molecule has 1 N–H and O–H groups in total. The third-order valence-corrected chi connectivity index (χ3v) is 4.56. The number of unbranched alkanes of at least 4 members (excludes halogenated alkanes) is 1. The molecule has 0 aromatic heterocycles. The van der Waals surface area contributed by atoms with Gasteiger partial charge in [0.25, 0.3) is 0 Å². The molecule has 0 spiro atoms. The Morgan fingerprint density at radius 3 is 2.24 bits per heavy atom. The normalized spacial score (nSPS) is 21.8. The molecule has 0 radical (unpaired) electrons. The van der Waals surface area contributed by atoms with Crippen molar-refractivity contribution in [2.45, 2.75) is 64.5 Å². The minimum Gasteiger partial charge on any atom is -0.340 e. The predicted molar refractivity (Wildman–Crippen MR) is 85.0 cm³/mol. The van der Waals surface area contributed by atoms with Gasteiger partial charge >= 0.3 is 0 Å². The molecule has 0 saturated carbocycles. The average Bonchev–Trinajstić information content (AvgIpc) is 2.46. The Morgan fingerprint density at radius 1 is 1.14 bits per heavy atom. The van der Waals surface area contributed by atoms with Gasteiger partial charge in [-0.3, -0.25) is 9.59 Å². The van der Waals surface area contributed by atoms with E-state index in [2.05, 4.69) is 10.2 Å². The Kier molecular flexibility index (Phi) is 6.65. The quantitative estimate of drug-likeness (QED) is 0.693. The molecule has 1 aliphatic rings. The predicted octanol–water partition coefficient (Wildman–Crippen LogP) is 1.62. The molecule has 2 amide bonds. The summed E-state index contributed by atoms with van der Waals surface area (Å²) in [5.74, 6) is 0.109. The summed E-state index contributed by atoms with van der Waals surface area (Å²) >= 11 is 0. The summed E-state index contributed by atoms with van der Waals surface area (Å²) in [6.45, 7) is 7.60. The highest BCUT2D eigenvalue weighted by Gasteiger charge is 2.47. The molecule has 5 nitrogen and oxygen atoms in total. The minimum atomic E-state index is -0.690. The van der Waals surface area contributed by atoms with Crippen molar-refractivity contribution in [2.75, 3.05) is 27.2 Å². The van der Waals surface area contributed by atoms with Gasteiger partial charge in [-0.2, -0.15) is 0 Å². The smallest absolute Gasteiger partial charge is 0.248 e. The molecule has 122 valence electrons. The van der Waals surface area contributed by atoms with Crippen molar-refractivity contribution in [3.63, 3.8) is 0 Å². The first-order valence-electron chi connectivity index (χ1n) is 8.19. The van der Waals surface area contributed by atoms with E-state index in [4.69, 9.17) is 0 Å². The summed E-state index contributed by atoms with van der Waals surface area (Å²) in [5.41, 5.74) is -0.690. The van der Waals surface area contributed by atoms with E-state index in [1.807, 2.05) is 39.8 Å². The van der Waals surface area contributed by atoms with Crippen molar-refractivity contribution >= 4 is 11.8 Å². The highest BCUT2D eigenvalue weighted by atomic mass is 16.2. The van der Waals surface area contributed by atoms with Gasteiger partial charge in [0, 0.05) is 6.54 Å². The van der Waals surface area contributed by atoms with Crippen LogP contribution in [0.1, 0.15) is 52.9 Å². The van der Waals surface area contributed by atoms with Gasteiger partial charge in [0.2, 0.25) is 11.8 Å². The second-order valence-electron chi connectivity index (χ2n) is 6.21. The van der Waals surface area contributed by atoms with Crippen molar-refractivity contribution in [2.24, 2.45) is 0 Å². The summed E-state index contributed by atoms with van der Waals surface area (Å²) < 4.78 is 0. The molecule has 21 heavy (non-hydrogen) atoms. The molecule has 1 saturated heterocycles. The third kappa shape index (κ3) is 3.96. The lowest BCUT2D eigenvalue weighted by atomic mass is 9.86. The van der Waals surface area contributed by atoms with Gasteiger partial charge < -0.3 is 15.1 Å². The number of carbonyl (C=O) groups excluding carboxylic acids is 2. The van der Waals surface area contributed by atoms with Crippen LogP contribution in [0, 0.1) is 0 Å². The van der Waals surface area contributed by atoms with Crippen LogP contribution in [0.2, 0.25) is 0 Å². The Bertz CT molecular complexity index is 365. The van der Waals surface area contributed by atoms with Crippen molar-refractivity contribution in [1.82, 2.24) is 15.1 Å². The van der Waals surface area contributed by atoms with Crippen LogP contribution < -0.4 is 5.32 Å². The number of nitrogens with zero attached hydrogens (tertiary/aromatic N) is 2. The topological polar surface area (TPSA) is 52.7 Å². The summed E-state index contributed by atoms with van der Waals surface area (Å²) in [6, 6.07) is -0.303.